The van der Waals surface area contributed by atoms with Gasteiger partial charge < -0.3 is 14.9 Å². The second-order valence-electron chi connectivity index (χ2n) is 5.89. The Morgan fingerprint density at radius 3 is 2.70 bits per heavy atom. The fourth-order valence-corrected chi connectivity index (χ4v) is 2.43. The quantitative estimate of drug-likeness (QED) is 0.354. The monoisotopic (exact) mass is 271 g/mol. The fourth-order valence-electron chi connectivity index (χ4n) is 2.43. The molecule has 0 amide bonds. The van der Waals surface area contributed by atoms with E-state index < -0.39 is 0 Å². The van der Waals surface area contributed by atoms with Gasteiger partial charge in [0.25, 0.3) is 0 Å². The maximum Gasteiger partial charge on any atom is 0.0793 e. The zero-order valence-corrected chi connectivity index (χ0v) is 12.3. The lowest BCUT2D eigenvalue weighted by atomic mass is 10.2. The van der Waals surface area contributed by atoms with E-state index >= 15 is 0 Å². The highest BCUT2D eigenvalue weighted by atomic mass is 16.3. The van der Waals surface area contributed by atoms with Crippen molar-refractivity contribution < 1.29 is 9.59 Å². The number of nitrogens with one attached hydrogen (secondary N) is 1. The molecule has 2 rings (SSSR count). The molecule has 0 aromatic heterocycles. The number of rotatable bonds is 7. The molecule has 0 bridgehead atoms. The van der Waals surface area contributed by atoms with Crippen molar-refractivity contribution in [3.05, 3.63) is 65.6 Å². The second-order valence-corrected chi connectivity index (χ2v) is 5.89. The Kier molecular flexibility index (Phi) is 4.74. The van der Waals surface area contributed by atoms with Crippen LogP contribution in [0.5, 0.6) is 0 Å². The molecular weight excluding hydrogens is 248 g/mol. The van der Waals surface area contributed by atoms with Crippen LogP contribution in [0.15, 0.2) is 60.0 Å². The van der Waals surface area contributed by atoms with Gasteiger partial charge >= 0.3 is 0 Å². The molecule has 108 valence electrons. The van der Waals surface area contributed by atoms with Gasteiger partial charge in [-0.15, -0.1) is 5.56 Å². The Morgan fingerprint density at radius 1 is 1.30 bits per heavy atom. The van der Waals surface area contributed by atoms with E-state index in [1.54, 1.807) is 0 Å². The van der Waals surface area contributed by atoms with Crippen molar-refractivity contribution in [1.82, 2.24) is 5.32 Å². The molecule has 0 spiro atoms. The fraction of sp³-hybridized carbons (Fsp3) is 0.353. The van der Waals surface area contributed by atoms with E-state index in [0.29, 0.717) is 0 Å². The number of hydrogen-bond donors (Lipinski definition) is 1. The third kappa shape index (κ3) is 4.35. The summed E-state index contributed by atoms with van der Waals surface area (Å²) < 4.78 is 0.941. The first-order valence-electron chi connectivity index (χ1n) is 7.09. The summed E-state index contributed by atoms with van der Waals surface area (Å²) >= 11 is 0. The van der Waals surface area contributed by atoms with Crippen LogP contribution in [0.25, 0.3) is 0 Å². The van der Waals surface area contributed by atoms with E-state index in [1.165, 1.54) is 5.56 Å². The van der Waals surface area contributed by atoms with Crippen molar-refractivity contribution in [3.63, 3.8) is 0 Å². The van der Waals surface area contributed by atoms with Gasteiger partial charge in [0, 0.05) is 13.0 Å². The van der Waals surface area contributed by atoms with Gasteiger partial charge in [0.2, 0.25) is 0 Å². The van der Waals surface area contributed by atoms with Gasteiger partial charge in [-0.3, -0.25) is 0 Å². The third-order valence-electron chi connectivity index (χ3n) is 3.49. The van der Waals surface area contributed by atoms with Gasteiger partial charge in [0.15, 0.2) is 0 Å². The molecule has 0 fully saturated rings. The second kappa shape index (κ2) is 6.53. The molecule has 1 aromatic rings. The average Bonchev–Trinajstić information content (AvgIpc) is 3.06. The summed E-state index contributed by atoms with van der Waals surface area (Å²) in [5.41, 5.74) is 2.12. The number of quaternary nitrogens is 1. The first-order valence-corrected chi connectivity index (χ1v) is 7.09. The van der Waals surface area contributed by atoms with Crippen molar-refractivity contribution >= 4 is 0 Å². The molecule has 20 heavy (non-hydrogen) atoms. The van der Waals surface area contributed by atoms with Gasteiger partial charge in [-0.05, 0) is 11.5 Å². The predicted molar refractivity (Wildman–Crippen MR) is 80.6 cm³/mol. The SMILES string of the molecule is C[N+](C)(CCCNC([O-])=C1C=CC=C1)Cc1cc[cH-]c1. The Labute approximate surface area is 121 Å². The Morgan fingerprint density at radius 2 is 2.05 bits per heavy atom. The van der Waals surface area contributed by atoms with Crippen LogP contribution in [-0.4, -0.2) is 31.7 Å². The Bertz CT molecular complexity index is 493. The van der Waals surface area contributed by atoms with E-state index in [-0.39, 0.29) is 5.88 Å². The van der Waals surface area contributed by atoms with Crippen LogP contribution >= 0.6 is 0 Å². The molecule has 0 saturated carbocycles. The largest absolute Gasteiger partial charge is 0.860 e. The number of nitrogens with zero attached hydrogens (tertiary/aromatic N) is 1. The first-order chi connectivity index (χ1) is 9.57. The molecule has 0 aliphatic heterocycles. The molecular formula is C17H23N2O-. The van der Waals surface area contributed by atoms with E-state index in [9.17, 15) is 5.11 Å². The summed E-state index contributed by atoms with van der Waals surface area (Å²) in [6.07, 6.45) is 8.43. The Balaban J connectivity index is 1.71. The van der Waals surface area contributed by atoms with E-state index in [1.807, 2.05) is 24.3 Å². The van der Waals surface area contributed by atoms with Crippen LogP contribution in [0.4, 0.5) is 0 Å². The van der Waals surface area contributed by atoms with E-state index in [0.717, 1.165) is 36.1 Å². The maximum atomic E-state index is 11.8. The van der Waals surface area contributed by atoms with Crippen molar-refractivity contribution in [2.24, 2.45) is 0 Å². The number of allylic oxidation sites excluding steroid dienone is 5. The minimum absolute atomic E-state index is 0.0244. The van der Waals surface area contributed by atoms with Crippen molar-refractivity contribution in [2.75, 3.05) is 27.2 Å². The zero-order valence-electron chi connectivity index (χ0n) is 12.3. The van der Waals surface area contributed by atoms with E-state index in [4.69, 9.17) is 0 Å². The van der Waals surface area contributed by atoms with E-state index in [2.05, 4.69) is 43.7 Å². The maximum absolute atomic E-state index is 11.8. The molecule has 0 saturated heterocycles. The van der Waals surface area contributed by atoms with Crippen LogP contribution in [-0.2, 0) is 6.54 Å². The predicted octanol–water partition coefficient (Wildman–Crippen LogP) is 1.66. The highest BCUT2D eigenvalue weighted by molar-refractivity contribution is 5.40. The summed E-state index contributed by atoms with van der Waals surface area (Å²) in [4.78, 5) is 0. The molecule has 0 unspecified atom stereocenters. The molecule has 3 heteroatoms. The summed E-state index contributed by atoms with van der Waals surface area (Å²) in [6, 6.07) is 8.49. The molecule has 3 nitrogen and oxygen atoms in total. The van der Waals surface area contributed by atoms with Crippen LogP contribution in [0, 0.1) is 0 Å². The average molecular weight is 271 g/mol. The lowest BCUT2D eigenvalue weighted by Crippen LogP contribution is -2.40. The highest BCUT2D eigenvalue weighted by Crippen LogP contribution is 2.11. The van der Waals surface area contributed by atoms with Gasteiger partial charge in [0.1, 0.15) is 0 Å². The van der Waals surface area contributed by atoms with Crippen molar-refractivity contribution in [1.29, 1.82) is 0 Å². The topological polar surface area (TPSA) is 35.1 Å². The number of hydrogen-bond acceptors (Lipinski definition) is 2. The standard InChI is InChI=1S/C17H24N2O/c1-19(2,14-15-8-3-4-9-15)13-7-12-18-17(20)16-10-5-6-11-16/h3-6,8-11,18,20H,7,12-14H2,1-2H3/p-1. The third-order valence-corrected chi connectivity index (χ3v) is 3.49. The molecule has 1 N–H and O–H groups in total. The van der Waals surface area contributed by atoms with Crippen LogP contribution < -0.4 is 10.4 Å². The normalized spacial score (nSPS) is 14.0. The molecule has 0 radical (unpaired) electrons. The Hall–Kier alpha value is -1.87. The summed E-state index contributed by atoms with van der Waals surface area (Å²) in [5.74, 6) is 0.0244. The van der Waals surface area contributed by atoms with Gasteiger partial charge in [-0.1, -0.05) is 24.3 Å². The smallest absolute Gasteiger partial charge is 0.0793 e. The molecule has 0 heterocycles. The zero-order chi connectivity index (χ0) is 14.4. The van der Waals surface area contributed by atoms with Crippen LogP contribution in [0.1, 0.15) is 12.0 Å². The van der Waals surface area contributed by atoms with Gasteiger partial charge in [0.05, 0.1) is 27.2 Å². The highest BCUT2D eigenvalue weighted by Gasteiger charge is 2.12. The first kappa shape index (κ1) is 14.5. The summed E-state index contributed by atoms with van der Waals surface area (Å²) in [5, 5.41) is 14.7. The summed E-state index contributed by atoms with van der Waals surface area (Å²) in [6.45, 7) is 2.81. The summed E-state index contributed by atoms with van der Waals surface area (Å²) in [7, 11) is 4.46. The molecule has 0 atom stereocenters. The lowest BCUT2D eigenvalue weighted by Gasteiger charge is -2.32. The van der Waals surface area contributed by atoms with Crippen molar-refractivity contribution in [2.45, 2.75) is 13.0 Å². The molecule has 1 aromatic carbocycles. The van der Waals surface area contributed by atoms with Crippen LogP contribution in [0.3, 0.4) is 0 Å². The van der Waals surface area contributed by atoms with Gasteiger partial charge in [-0.25, -0.2) is 6.07 Å². The minimum Gasteiger partial charge on any atom is -0.860 e. The van der Waals surface area contributed by atoms with Gasteiger partial charge in [-0.2, -0.15) is 18.2 Å². The minimum atomic E-state index is 0.0244. The van der Waals surface area contributed by atoms with Crippen molar-refractivity contribution in [3.8, 4) is 0 Å². The molecule has 1 aliphatic carbocycles. The molecule has 1 aliphatic rings. The van der Waals surface area contributed by atoms with Crippen LogP contribution in [0.2, 0.25) is 0 Å². The lowest BCUT2D eigenvalue weighted by molar-refractivity contribution is -0.903.